The number of aromatic nitrogens is 2. The number of nitrogens with zero attached hydrogens (tertiary/aromatic N) is 2. The summed E-state index contributed by atoms with van der Waals surface area (Å²) < 4.78 is 46.0. The number of alkyl halides is 3. The van der Waals surface area contributed by atoms with Crippen LogP contribution in [0.1, 0.15) is 33.5 Å². The molecule has 3 rings (SSSR count). The van der Waals surface area contributed by atoms with Gasteiger partial charge in [-0.15, -0.1) is 0 Å². The van der Waals surface area contributed by atoms with Crippen molar-refractivity contribution in [1.82, 2.24) is 9.38 Å². The third-order valence-electron chi connectivity index (χ3n) is 3.83. The number of halogens is 5. The average Bonchev–Trinajstić information content (AvgIpc) is 3.03. The van der Waals surface area contributed by atoms with Crippen LogP contribution in [0.5, 0.6) is 0 Å². The number of hydrogen-bond donors (Lipinski definition) is 1. The van der Waals surface area contributed by atoms with Gasteiger partial charge >= 0.3 is 12.1 Å². The first kappa shape index (κ1) is 20.9. The van der Waals surface area contributed by atoms with Crippen LogP contribution in [0.4, 0.5) is 18.9 Å². The maximum Gasteiger partial charge on any atom is 0.435 e. The molecule has 0 saturated carbocycles. The number of carbonyl (C=O) groups excluding carboxylic acids is 2. The minimum Gasteiger partial charge on any atom is -0.461 e. The molecular weight excluding hydrogens is 434 g/mol. The standard InChI is InChI=1S/C18H12Cl2F3N3O3/c1-2-29-17(28)13-14(18(21,22)23)25-15-11(7-4-8-26(13)15)24-16(27)12-9(19)5-3-6-10(12)20/h3-8H,2H2,1H3,(H,24,27). The molecule has 0 spiro atoms. The van der Waals surface area contributed by atoms with Gasteiger partial charge < -0.3 is 10.1 Å². The van der Waals surface area contributed by atoms with E-state index < -0.39 is 29.4 Å². The molecular formula is C18H12Cl2F3N3O3. The van der Waals surface area contributed by atoms with Crippen LogP contribution in [0, 0.1) is 0 Å². The number of benzene rings is 1. The van der Waals surface area contributed by atoms with Crippen LogP contribution in [-0.4, -0.2) is 27.9 Å². The Hall–Kier alpha value is -2.78. The van der Waals surface area contributed by atoms with Crippen molar-refractivity contribution in [2.24, 2.45) is 0 Å². The van der Waals surface area contributed by atoms with Gasteiger partial charge in [-0.3, -0.25) is 9.20 Å². The molecule has 0 aliphatic heterocycles. The Morgan fingerprint density at radius 3 is 2.41 bits per heavy atom. The highest BCUT2D eigenvalue weighted by Gasteiger charge is 2.41. The Kier molecular flexibility index (Phi) is 5.72. The molecule has 11 heteroatoms. The van der Waals surface area contributed by atoms with Crippen molar-refractivity contribution >= 4 is 46.4 Å². The van der Waals surface area contributed by atoms with Gasteiger partial charge in [-0.2, -0.15) is 13.2 Å². The molecule has 0 bridgehead atoms. The highest BCUT2D eigenvalue weighted by Crippen LogP contribution is 2.34. The molecule has 29 heavy (non-hydrogen) atoms. The fourth-order valence-corrected chi connectivity index (χ4v) is 3.23. The number of pyridine rings is 1. The SMILES string of the molecule is CCOC(=O)c1c(C(F)(F)F)nc2c(NC(=O)c3c(Cl)cccc3Cl)cccn12. The van der Waals surface area contributed by atoms with Crippen molar-refractivity contribution in [3.05, 3.63) is 63.5 Å². The quantitative estimate of drug-likeness (QED) is 0.567. The third kappa shape index (κ3) is 4.01. The van der Waals surface area contributed by atoms with E-state index in [4.69, 9.17) is 27.9 Å². The van der Waals surface area contributed by atoms with E-state index in [-0.39, 0.29) is 33.6 Å². The summed E-state index contributed by atoms with van der Waals surface area (Å²) in [7, 11) is 0. The molecule has 1 N–H and O–H groups in total. The molecule has 3 aromatic rings. The van der Waals surface area contributed by atoms with Gasteiger partial charge in [0.25, 0.3) is 5.91 Å². The highest BCUT2D eigenvalue weighted by molar-refractivity contribution is 6.40. The van der Waals surface area contributed by atoms with Crippen LogP contribution in [0.15, 0.2) is 36.5 Å². The zero-order chi connectivity index (χ0) is 21.3. The summed E-state index contributed by atoms with van der Waals surface area (Å²) in [6.45, 7) is 1.35. The van der Waals surface area contributed by atoms with Crippen molar-refractivity contribution in [3.8, 4) is 0 Å². The number of fused-ring (bicyclic) bond motifs is 1. The Balaban J connectivity index is 2.13. The van der Waals surface area contributed by atoms with Gasteiger partial charge in [0.1, 0.15) is 0 Å². The third-order valence-corrected chi connectivity index (χ3v) is 4.46. The minimum atomic E-state index is -4.92. The van der Waals surface area contributed by atoms with Gasteiger partial charge in [0.15, 0.2) is 17.0 Å². The number of anilines is 1. The number of rotatable bonds is 4. The van der Waals surface area contributed by atoms with Gasteiger partial charge in [-0.25, -0.2) is 9.78 Å². The second-order valence-corrected chi connectivity index (χ2v) is 6.51. The number of carbonyl (C=O) groups is 2. The number of ether oxygens (including phenoxy) is 1. The van der Waals surface area contributed by atoms with Gasteiger partial charge in [-0.05, 0) is 31.2 Å². The molecule has 0 aliphatic carbocycles. The zero-order valence-electron chi connectivity index (χ0n) is 14.7. The first-order chi connectivity index (χ1) is 13.6. The highest BCUT2D eigenvalue weighted by atomic mass is 35.5. The molecule has 2 aromatic heterocycles. The monoisotopic (exact) mass is 445 g/mol. The first-order valence-electron chi connectivity index (χ1n) is 8.16. The summed E-state index contributed by atoms with van der Waals surface area (Å²) in [4.78, 5) is 28.3. The summed E-state index contributed by atoms with van der Waals surface area (Å²) in [6.07, 6.45) is -3.70. The number of nitrogens with one attached hydrogen (secondary N) is 1. The molecule has 6 nitrogen and oxygen atoms in total. The fraction of sp³-hybridized carbons (Fsp3) is 0.167. The van der Waals surface area contributed by atoms with Crippen LogP contribution < -0.4 is 5.32 Å². The first-order valence-corrected chi connectivity index (χ1v) is 8.91. The lowest BCUT2D eigenvalue weighted by atomic mass is 10.2. The Morgan fingerprint density at radius 2 is 1.83 bits per heavy atom. The number of esters is 1. The van der Waals surface area contributed by atoms with Crippen LogP contribution in [0.3, 0.4) is 0 Å². The zero-order valence-corrected chi connectivity index (χ0v) is 16.2. The minimum absolute atomic E-state index is 0.0500. The number of hydrogen-bond acceptors (Lipinski definition) is 4. The Bertz CT molecular complexity index is 1090. The second-order valence-electron chi connectivity index (χ2n) is 5.69. The van der Waals surface area contributed by atoms with Gasteiger partial charge in [0.2, 0.25) is 0 Å². The maximum atomic E-state index is 13.4. The Morgan fingerprint density at radius 1 is 1.17 bits per heavy atom. The lowest BCUT2D eigenvalue weighted by Crippen LogP contribution is -2.16. The predicted octanol–water partition coefficient (Wildman–Crippen LogP) is 5.09. The van der Waals surface area contributed by atoms with E-state index in [0.717, 1.165) is 4.40 Å². The van der Waals surface area contributed by atoms with Gasteiger partial charge in [0, 0.05) is 6.20 Å². The molecule has 0 radical (unpaired) electrons. The lowest BCUT2D eigenvalue weighted by molar-refractivity contribution is -0.141. The molecule has 0 atom stereocenters. The van der Waals surface area contributed by atoms with Crippen LogP contribution in [0.2, 0.25) is 10.0 Å². The van der Waals surface area contributed by atoms with Crippen LogP contribution in [0.25, 0.3) is 5.65 Å². The molecule has 0 unspecified atom stereocenters. The fourth-order valence-electron chi connectivity index (χ4n) is 2.66. The van der Waals surface area contributed by atoms with Crippen molar-refractivity contribution in [1.29, 1.82) is 0 Å². The van der Waals surface area contributed by atoms with Crippen LogP contribution >= 0.6 is 23.2 Å². The summed E-state index contributed by atoms with van der Waals surface area (Å²) in [6, 6.07) is 7.11. The van der Waals surface area contributed by atoms with Gasteiger partial charge in [0.05, 0.1) is 27.9 Å². The number of amides is 1. The predicted molar refractivity (Wildman–Crippen MR) is 101 cm³/mol. The van der Waals surface area contributed by atoms with E-state index in [1.807, 2.05) is 0 Å². The van der Waals surface area contributed by atoms with Crippen molar-refractivity contribution in [2.75, 3.05) is 11.9 Å². The van der Waals surface area contributed by atoms with Crippen LogP contribution in [-0.2, 0) is 10.9 Å². The van der Waals surface area contributed by atoms with Crippen molar-refractivity contribution in [3.63, 3.8) is 0 Å². The summed E-state index contributed by atoms with van der Waals surface area (Å²) >= 11 is 12.0. The molecule has 0 fully saturated rings. The van der Waals surface area contributed by atoms with E-state index in [0.29, 0.717) is 0 Å². The molecule has 0 saturated heterocycles. The largest absolute Gasteiger partial charge is 0.461 e. The second kappa shape index (κ2) is 7.92. The molecule has 2 heterocycles. The summed E-state index contributed by atoms with van der Waals surface area (Å²) in [5.74, 6) is -1.94. The van der Waals surface area contributed by atoms with E-state index in [1.54, 1.807) is 0 Å². The number of imidazole rings is 1. The summed E-state index contributed by atoms with van der Waals surface area (Å²) in [5.41, 5.74) is -2.63. The molecule has 1 amide bonds. The molecule has 1 aromatic carbocycles. The topological polar surface area (TPSA) is 72.7 Å². The molecule has 152 valence electrons. The lowest BCUT2D eigenvalue weighted by Gasteiger charge is -2.10. The van der Waals surface area contributed by atoms with E-state index in [9.17, 15) is 22.8 Å². The van der Waals surface area contributed by atoms with E-state index in [2.05, 4.69) is 10.3 Å². The van der Waals surface area contributed by atoms with Crippen molar-refractivity contribution in [2.45, 2.75) is 13.1 Å². The smallest absolute Gasteiger partial charge is 0.435 e. The van der Waals surface area contributed by atoms with E-state index in [1.165, 1.54) is 43.5 Å². The molecule has 0 aliphatic rings. The summed E-state index contributed by atoms with van der Waals surface area (Å²) in [5, 5.41) is 2.56. The Labute approximate surface area is 172 Å². The normalized spacial score (nSPS) is 11.5. The van der Waals surface area contributed by atoms with Gasteiger partial charge in [-0.1, -0.05) is 29.3 Å². The van der Waals surface area contributed by atoms with E-state index >= 15 is 0 Å². The van der Waals surface area contributed by atoms with Crippen molar-refractivity contribution < 1.29 is 27.5 Å². The average molecular weight is 446 g/mol. The maximum absolute atomic E-state index is 13.4.